The zero-order chi connectivity index (χ0) is 22.8. The molecule has 8 heteroatoms. The number of benzene rings is 2. The van der Waals surface area contributed by atoms with Crippen LogP contribution in [0.2, 0.25) is 0 Å². The molecule has 0 aliphatic carbocycles. The molecule has 0 bridgehead atoms. The van der Waals surface area contributed by atoms with E-state index in [-0.39, 0.29) is 17.9 Å². The Labute approximate surface area is 193 Å². The molecule has 0 radical (unpaired) electrons. The van der Waals surface area contributed by atoms with E-state index in [1.165, 1.54) is 11.3 Å². The number of nitrogens with zero attached hydrogens (tertiary/aromatic N) is 2. The van der Waals surface area contributed by atoms with Crippen LogP contribution in [0.1, 0.15) is 31.0 Å². The van der Waals surface area contributed by atoms with Crippen LogP contribution in [-0.2, 0) is 9.53 Å². The number of hydrogen-bond acceptors (Lipinski definition) is 7. The maximum Gasteiger partial charge on any atom is 0.338 e. The van der Waals surface area contributed by atoms with Gasteiger partial charge in [0.2, 0.25) is 0 Å². The molecule has 1 atom stereocenters. The minimum Gasteiger partial charge on any atom is -0.508 e. The number of phenolic OH excluding ortho intramolecular Hbond substituents is 1. The molecule has 2 aromatic carbocycles. The summed E-state index contributed by atoms with van der Waals surface area (Å²) in [6.07, 6.45) is 3.72. The molecular formula is C24H22N2O4S2. The third-order valence-corrected chi connectivity index (χ3v) is 6.84. The van der Waals surface area contributed by atoms with Gasteiger partial charge >= 0.3 is 5.97 Å². The SMILES string of the molecule is CCOC(=O)C1=C(C)N=c2sc(=Cc3cccc(O)c3)c(=O)n2C1c1ccc(SC)cc1. The first-order valence-electron chi connectivity index (χ1n) is 10.1. The van der Waals surface area contributed by atoms with E-state index in [9.17, 15) is 14.7 Å². The summed E-state index contributed by atoms with van der Waals surface area (Å²) in [6, 6.07) is 13.9. The Morgan fingerprint density at radius 1 is 1.28 bits per heavy atom. The largest absolute Gasteiger partial charge is 0.508 e. The number of esters is 1. The maximum atomic E-state index is 13.5. The lowest BCUT2D eigenvalue weighted by Crippen LogP contribution is -2.39. The molecule has 1 aromatic heterocycles. The Morgan fingerprint density at radius 3 is 2.69 bits per heavy atom. The van der Waals surface area contributed by atoms with Crippen molar-refractivity contribution >= 4 is 35.1 Å². The Kier molecular flexibility index (Phi) is 6.34. The number of ether oxygens (including phenoxy) is 1. The third-order valence-electron chi connectivity index (χ3n) is 5.12. The van der Waals surface area contributed by atoms with Gasteiger partial charge in [0, 0.05) is 4.90 Å². The highest BCUT2D eigenvalue weighted by Gasteiger charge is 2.33. The van der Waals surface area contributed by atoms with Crippen LogP contribution in [0.5, 0.6) is 5.75 Å². The molecular weight excluding hydrogens is 444 g/mol. The summed E-state index contributed by atoms with van der Waals surface area (Å²) in [5.41, 5.74) is 2.17. The summed E-state index contributed by atoms with van der Waals surface area (Å²) in [5.74, 6) is -0.353. The fourth-order valence-corrected chi connectivity index (χ4v) is 5.11. The number of aromatic hydroxyl groups is 1. The molecule has 2 heterocycles. The number of fused-ring (bicyclic) bond motifs is 1. The van der Waals surface area contributed by atoms with E-state index in [0.717, 1.165) is 10.5 Å². The van der Waals surface area contributed by atoms with Gasteiger partial charge in [-0.15, -0.1) is 11.8 Å². The Bertz CT molecular complexity index is 1380. The standard InChI is InChI=1S/C24H22N2O4S2/c1-4-30-23(29)20-14(2)25-24-26(21(20)16-8-10-18(31-3)11-9-16)22(28)19(32-24)13-15-6-5-7-17(27)12-15/h5-13,21,27H,4H2,1-3H3. The van der Waals surface area contributed by atoms with Crippen LogP contribution >= 0.6 is 23.1 Å². The van der Waals surface area contributed by atoms with E-state index < -0.39 is 12.0 Å². The van der Waals surface area contributed by atoms with Gasteiger partial charge in [0.15, 0.2) is 4.80 Å². The second-order valence-corrected chi connectivity index (χ2v) is 9.06. The van der Waals surface area contributed by atoms with Crippen molar-refractivity contribution < 1.29 is 14.6 Å². The van der Waals surface area contributed by atoms with Crippen LogP contribution in [-0.4, -0.2) is 28.5 Å². The minimum atomic E-state index is -0.632. The number of rotatable bonds is 5. The Balaban J connectivity index is 1.94. The van der Waals surface area contributed by atoms with Gasteiger partial charge in [-0.2, -0.15) is 0 Å². The number of thioether (sulfide) groups is 1. The predicted octanol–water partition coefficient (Wildman–Crippen LogP) is 3.23. The third kappa shape index (κ3) is 4.16. The molecule has 1 aliphatic rings. The van der Waals surface area contributed by atoms with E-state index in [4.69, 9.17) is 4.74 Å². The fourth-order valence-electron chi connectivity index (χ4n) is 3.66. The maximum absolute atomic E-state index is 13.5. The van der Waals surface area contributed by atoms with Crippen molar-refractivity contribution in [3.8, 4) is 5.75 Å². The summed E-state index contributed by atoms with van der Waals surface area (Å²) >= 11 is 2.88. The molecule has 0 saturated carbocycles. The van der Waals surface area contributed by atoms with Crippen LogP contribution in [0, 0.1) is 0 Å². The first-order valence-corrected chi connectivity index (χ1v) is 12.1. The molecule has 164 valence electrons. The molecule has 0 saturated heterocycles. The van der Waals surface area contributed by atoms with E-state index >= 15 is 0 Å². The topological polar surface area (TPSA) is 80.9 Å². The van der Waals surface area contributed by atoms with Gasteiger partial charge in [-0.05, 0) is 61.6 Å². The summed E-state index contributed by atoms with van der Waals surface area (Å²) in [6.45, 7) is 3.75. The molecule has 1 aliphatic heterocycles. The van der Waals surface area contributed by atoms with Crippen molar-refractivity contribution in [2.24, 2.45) is 4.99 Å². The lowest BCUT2D eigenvalue weighted by atomic mass is 9.96. The van der Waals surface area contributed by atoms with Crippen LogP contribution in [0.15, 0.2) is 74.5 Å². The van der Waals surface area contributed by atoms with Crippen molar-refractivity contribution in [2.45, 2.75) is 24.8 Å². The molecule has 1 N–H and O–H groups in total. The van der Waals surface area contributed by atoms with Crippen LogP contribution < -0.4 is 14.9 Å². The number of thiazole rings is 1. The highest BCUT2D eigenvalue weighted by Crippen LogP contribution is 2.31. The van der Waals surface area contributed by atoms with E-state index in [1.54, 1.807) is 54.5 Å². The molecule has 4 rings (SSSR count). The number of carbonyl (C=O) groups is 1. The predicted molar refractivity (Wildman–Crippen MR) is 127 cm³/mol. The first-order chi connectivity index (χ1) is 15.4. The monoisotopic (exact) mass is 466 g/mol. The number of phenols is 1. The quantitative estimate of drug-likeness (QED) is 0.461. The molecule has 32 heavy (non-hydrogen) atoms. The van der Waals surface area contributed by atoms with Gasteiger partial charge in [-0.25, -0.2) is 9.79 Å². The van der Waals surface area contributed by atoms with Crippen molar-refractivity contribution in [3.63, 3.8) is 0 Å². The van der Waals surface area contributed by atoms with E-state index in [0.29, 0.717) is 26.2 Å². The van der Waals surface area contributed by atoms with Gasteiger partial charge in [-0.1, -0.05) is 35.6 Å². The molecule has 1 unspecified atom stereocenters. The van der Waals surface area contributed by atoms with Crippen LogP contribution in [0.3, 0.4) is 0 Å². The number of carbonyl (C=O) groups excluding carboxylic acids is 1. The second kappa shape index (κ2) is 9.18. The van der Waals surface area contributed by atoms with Gasteiger partial charge in [0.25, 0.3) is 5.56 Å². The van der Waals surface area contributed by atoms with Crippen LogP contribution in [0.4, 0.5) is 0 Å². The zero-order valence-electron chi connectivity index (χ0n) is 17.9. The average molecular weight is 467 g/mol. The van der Waals surface area contributed by atoms with Crippen molar-refractivity contribution in [1.82, 2.24) is 4.57 Å². The molecule has 0 fully saturated rings. The Morgan fingerprint density at radius 2 is 2.03 bits per heavy atom. The van der Waals surface area contributed by atoms with E-state index in [2.05, 4.69) is 4.99 Å². The molecule has 0 amide bonds. The summed E-state index contributed by atoms with van der Waals surface area (Å²) < 4.78 is 7.34. The number of aromatic nitrogens is 1. The van der Waals surface area contributed by atoms with Gasteiger partial charge in [-0.3, -0.25) is 9.36 Å². The lowest BCUT2D eigenvalue weighted by Gasteiger charge is -2.24. The number of hydrogen-bond donors (Lipinski definition) is 1. The number of allylic oxidation sites excluding steroid dienone is 1. The second-order valence-electron chi connectivity index (χ2n) is 7.17. The molecule has 6 nitrogen and oxygen atoms in total. The van der Waals surface area contributed by atoms with Crippen molar-refractivity contribution in [3.05, 3.63) is 90.6 Å². The molecule has 3 aromatic rings. The summed E-state index contributed by atoms with van der Waals surface area (Å²) in [7, 11) is 0. The highest BCUT2D eigenvalue weighted by atomic mass is 32.2. The lowest BCUT2D eigenvalue weighted by molar-refractivity contribution is -0.139. The summed E-state index contributed by atoms with van der Waals surface area (Å²) in [4.78, 5) is 32.5. The van der Waals surface area contributed by atoms with Crippen LogP contribution in [0.25, 0.3) is 6.08 Å². The van der Waals surface area contributed by atoms with Crippen molar-refractivity contribution in [2.75, 3.05) is 12.9 Å². The zero-order valence-corrected chi connectivity index (χ0v) is 19.5. The van der Waals surface area contributed by atoms with Gasteiger partial charge in [0.05, 0.1) is 28.5 Å². The fraction of sp³-hybridized carbons (Fsp3) is 0.208. The summed E-state index contributed by atoms with van der Waals surface area (Å²) in [5, 5.41) is 9.76. The highest BCUT2D eigenvalue weighted by molar-refractivity contribution is 7.98. The van der Waals surface area contributed by atoms with Crippen molar-refractivity contribution in [1.29, 1.82) is 0 Å². The van der Waals surface area contributed by atoms with E-state index in [1.807, 2.05) is 36.6 Å². The average Bonchev–Trinajstić information content (AvgIpc) is 3.07. The minimum absolute atomic E-state index is 0.124. The smallest absolute Gasteiger partial charge is 0.338 e. The van der Waals surface area contributed by atoms with Gasteiger partial charge in [0.1, 0.15) is 5.75 Å². The normalized spacial score (nSPS) is 16.0. The first kappa shape index (κ1) is 22.1. The molecule has 0 spiro atoms. The Hall–Kier alpha value is -3.10. The van der Waals surface area contributed by atoms with Gasteiger partial charge < -0.3 is 9.84 Å².